The number of hydrogen-bond acceptors (Lipinski definition) is 0. The lowest BCUT2D eigenvalue weighted by molar-refractivity contribution is 1.61. The fourth-order valence-electron chi connectivity index (χ4n) is 1.57. The van der Waals surface area contributed by atoms with Crippen LogP contribution in [0.4, 0.5) is 0 Å². The van der Waals surface area contributed by atoms with Gasteiger partial charge in [0.2, 0.25) is 0 Å². The molecule has 0 saturated heterocycles. The summed E-state index contributed by atoms with van der Waals surface area (Å²) in [7, 11) is 2.14. The minimum Gasteiger partial charge on any atom is -0.0872 e. The lowest BCUT2D eigenvalue weighted by atomic mass is 9.73. The molecule has 2 rings (SSSR count). The third-order valence-corrected chi connectivity index (χ3v) is 3.35. The van der Waals surface area contributed by atoms with Crippen molar-refractivity contribution < 1.29 is 0 Å². The Kier molecular flexibility index (Phi) is 3.47. The molecule has 2 aromatic rings. The van der Waals surface area contributed by atoms with Crippen LogP contribution >= 0.6 is 22.6 Å². The van der Waals surface area contributed by atoms with Crippen LogP contribution in [0.1, 0.15) is 0 Å². The highest BCUT2D eigenvalue weighted by Crippen LogP contribution is 2.19. The largest absolute Gasteiger partial charge is 0.149 e. The topological polar surface area (TPSA) is 0 Å². The van der Waals surface area contributed by atoms with Crippen molar-refractivity contribution in [3.63, 3.8) is 0 Å². The van der Waals surface area contributed by atoms with Crippen molar-refractivity contribution in [3.05, 3.63) is 52.1 Å². The lowest BCUT2D eigenvalue weighted by Gasteiger charge is -2.05. The molecule has 0 saturated carbocycles. The van der Waals surface area contributed by atoms with Crippen molar-refractivity contribution in [1.29, 1.82) is 0 Å². The van der Waals surface area contributed by atoms with Gasteiger partial charge in [-0.25, -0.2) is 0 Å². The maximum absolute atomic E-state index is 2.38. The Labute approximate surface area is 105 Å². The molecule has 0 amide bonds. The summed E-state index contributed by atoms with van der Waals surface area (Å²) >= 11 is 2.38. The molecule has 0 aromatic heterocycles. The molecule has 0 atom stereocenters. The van der Waals surface area contributed by atoms with Gasteiger partial charge in [-0.05, 0) is 39.8 Å². The number of rotatable bonds is 2. The predicted octanol–water partition coefficient (Wildman–Crippen LogP) is 3.34. The van der Waals surface area contributed by atoms with Gasteiger partial charge in [0, 0.05) is 3.57 Å². The monoisotopic (exact) mass is 305 g/mol. The lowest BCUT2D eigenvalue weighted by Crippen LogP contribution is -2.13. The molecule has 1 radical (unpaired) electrons. The fourth-order valence-corrected chi connectivity index (χ4v) is 2.40. The van der Waals surface area contributed by atoms with E-state index in [2.05, 4.69) is 79.2 Å². The predicted molar refractivity (Wildman–Crippen MR) is 75.8 cm³/mol. The SMILES string of the molecule is C[B]c1ccc(-c2ccccc2)cc1I. The van der Waals surface area contributed by atoms with Crippen LogP contribution in [0.25, 0.3) is 11.1 Å². The summed E-state index contributed by atoms with van der Waals surface area (Å²) in [5.74, 6) is 0. The summed E-state index contributed by atoms with van der Waals surface area (Å²) in [6.07, 6.45) is 0. The van der Waals surface area contributed by atoms with Crippen LogP contribution in [0.15, 0.2) is 48.5 Å². The van der Waals surface area contributed by atoms with Crippen LogP contribution in [-0.4, -0.2) is 7.28 Å². The van der Waals surface area contributed by atoms with Gasteiger partial charge in [0.1, 0.15) is 7.28 Å². The first kappa shape index (κ1) is 10.7. The van der Waals surface area contributed by atoms with E-state index in [9.17, 15) is 0 Å². The first-order chi connectivity index (χ1) is 7.31. The summed E-state index contributed by atoms with van der Waals surface area (Å²) in [5, 5.41) is 0. The molecule has 0 aliphatic rings. The van der Waals surface area contributed by atoms with Gasteiger partial charge in [-0.1, -0.05) is 54.8 Å². The fraction of sp³-hybridized carbons (Fsp3) is 0.0769. The number of halogens is 1. The Balaban J connectivity index is 2.43. The second-order valence-corrected chi connectivity index (χ2v) is 4.55. The molecule has 15 heavy (non-hydrogen) atoms. The van der Waals surface area contributed by atoms with E-state index in [0.717, 1.165) is 0 Å². The van der Waals surface area contributed by atoms with Gasteiger partial charge in [0.05, 0.1) is 0 Å². The van der Waals surface area contributed by atoms with E-state index in [4.69, 9.17) is 0 Å². The van der Waals surface area contributed by atoms with Crippen molar-refractivity contribution in [1.82, 2.24) is 0 Å². The molecular formula is C13H11BI. The number of benzene rings is 2. The van der Waals surface area contributed by atoms with Crippen LogP contribution in [0.2, 0.25) is 6.82 Å². The molecular weight excluding hydrogens is 294 g/mol. The highest BCUT2D eigenvalue weighted by atomic mass is 127. The normalized spacial score (nSPS) is 10.0. The molecule has 2 aromatic carbocycles. The molecule has 0 aliphatic heterocycles. The maximum atomic E-state index is 2.38. The molecule has 0 bridgehead atoms. The van der Waals surface area contributed by atoms with E-state index < -0.39 is 0 Å². The summed E-state index contributed by atoms with van der Waals surface area (Å²) in [6, 6.07) is 17.0. The van der Waals surface area contributed by atoms with Gasteiger partial charge >= 0.3 is 0 Å². The average molecular weight is 305 g/mol. The highest BCUT2D eigenvalue weighted by molar-refractivity contribution is 14.1. The van der Waals surface area contributed by atoms with Crippen LogP contribution < -0.4 is 5.46 Å². The van der Waals surface area contributed by atoms with Crippen molar-refractivity contribution in [2.24, 2.45) is 0 Å². The molecule has 0 unspecified atom stereocenters. The Morgan fingerprint density at radius 3 is 2.27 bits per heavy atom. The highest BCUT2D eigenvalue weighted by Gasteiger charge is 2.01. The third-order valence-electron chi connectivity index (χ3n) is 2.42. The quantitative estimate of drug-likeness (QED) is 0.590. The summed E-state index contributed by atoms with van der Waals surface area (Å²) in [5.41, 5.74) is 3.86. The first-order valence-corrected chi connectivity index (χ1v) is 6.03. The van der Waals surface area contributed by atoms with Crippen molar-refractivity contribution in [2.75, 3.05) is 0 Å². The smallest absolute Gasteiger partial charge is 0.0872 e. The molecule has 0 aliphatic carbocycles. The van der Waals surface area contributed by atoms with Crippen molar-refractivity contribution >= 4 is 35.3 Å². The second-order valence-electron chi connectivity index (χ2n) is 3.39. The van der Waals surface area contributed by atoms with Crippen molar-refractivity contribution in [3.8, 4) is 11.1 Å². The van der Waals surface area contributed by atoms with E-state index >= 15 is 0 Å². The van der Waals surface area contributed by atoms with Gasteiger partial charge < -0.3 is 0 Å². The molecule has 0 N–H and O–H groups in total. The van der Waals surface area contributed by atoms with Crippen LogP contribution in [0.5, 0.6) is 0 Å². The summed E-state index contributed by atoms with van der Waals surface area (Å²) in [6.45, 7) is 2.07. The Bertz CT molecular complexity index is 451. The Hall–Kier alpha value is -0.765. The number of hydrogen-bond donors (Lipinski definition) is 0. The molecule has 0 spiro atoms. The Morgan fingerprint density at radius 2 is 1.67 bits per heavy atom. The van der Waals surface area contributed by atoms with Gasteiger partial charge in [-0.15, -0.1) is 0 Å². The maximum Gasteiger partial charge on any atom is 0.149 e. The summed E-state index contributed by atoms with van der Waals surface area (Å²) in [4.78, 5) is 0. The zero-order valence-corrected chi connectivity index (χ0v) is 10.7. The average Bonchev–Trinajstić information content (AvgIpc) is 2.30. The van der Waals surface area contributed by atoms with E-state index in [0.29, 0.717) is 0 Å². The van der Waals surface area contributed by atoms with Gasteiger partial charge in [-0.2, -0.15) is 0 Å². The van der Waals surface area contributed by atoms with Crippen LogP contribution in [0, 0.1) is 3.57 Å². The Morgan fingerprint density at radius 1 is 0.933 bits per heavy atom. The zero-order chi connectivity index (χ0) is 10.7. The molecule has 0 heterocycles. The summed E-state index contributed by atoms with van der Waals surface area (Å²) < 4.78 is 1.30. The standard InChI is InChI=1S/C13H11BI/c1-14-12-8-7-11(9-13(12)15)10-5-3-2-4-6-10/h2-9H,1H3. The van der Waals surface area contributed by atoms with E-state index in [-0.39, 0.29) is 0 Å². The molecule has 0 nitrogen and oxygen atoms in total. The molecule has 2 heteroatoms. The molecule has 0 fully saturated rings. The third kappa shape index (κ3) is 2.43. The first-order valence-electron chi connectivity index (χ1n) is 4.95. The minimum absolute atomic E-state index is 1.28. The van der Waals surface area contributed by atoms with Gasteiger partial charge in [0.25, 0.3) is 0 Å². The van der Waals surface area contributed by atoms with E-state index in [1.54, 1.807) is 0 Å². The van der Waals surface area contributed by atoms with Gasteiger partial charge in [0.15, 0.2) is 0 Å². The van der Waals surface area contributed by atoms with E-state index in [1.807, 2.05) is 6.07 Å². The van der Waals surface area contributed by atoms with Crippen molar-refractivity contribution in [2.45, 2.75) is 6.82 Å². The van der Waals surface area contributed by atoms with Crippen LogP contribution in [-0.2, 0) is 0 Å². The molecule has 73 valence electrons. The van der Waals surface area contributed by atoms with Gasteiger partial charge in [-0.3, -0.25) is 0 Å². The second kappa shape index (κ2) is 4.84. The van der Waals surface area contributed by atoms with E-state index in [1.165, 1.54) is 20.2 Å². The zero-order valence-electron chi connectivity index (χ0n) is 8.57. The minimum atomic E-state index is 1.28. The van der Waals surface area contributed by atoms with Crippen LogP contribution in [0.3, 0.4) is 0 Å².